The van der Waals surface area contributed by atoms with Gasteiger partial charge in [-0.1, -0.05) is 18.2 Å². The van der Waals surface area contributed by atoms with Gasteiger partial charge in [0.15, 0.2) is 0 Å². The van der Waals surface area contributed by atoms with E-state index in [0.717, 1.165) is 43.5 Å². The maximum Gasteiger partial charge on any atom is 0.261 e. The first-order valence-electron chi connectivity index (χ1n) is 10.3. The van der Waals surface area contributed by atoms with E-state index in [2.05, 4.69) is 28.1 Å². The number of rotatable bonds is 2. The van der Waals surface area contributed by atoms with Crippen LogP contribution < -0.4 is 5.56 Å². The van der Waals surface area contributed by atoms with Crippen LogP contribution in [-0.2, 0) is 35.9 Å². The molecule has 1 aromatic carbocycles. The second kappa shape index (κ2) is 8.05. The SMILES string of the molecule is CS(=O)(=O)O.O=c1[nH]c2c(c3c1CCCC3)Cc1c(CN3CCCC3)cccc1-2. The Balaban J connectivity index is 0.000000369. The van der Waals surface area contributed by atoms with Crippen LogP contribution in [0.4, 0.5) is 0 Å². The van der Waals surface area contributed by atoms with Crippen molar-refractivity contribution in [2.45, 2.75) is 51.5 Å². The maximum absolute atomic E-state index is 12.5. The number of hydrogen-bond donors (Lipinski definition) is 2. The number of nitrogens with zero attached hydrogens (tertiary/aromatic N) is 1. The topological polar surface area (TPSA) is 90.5 Å². The first-order chi connectivity index (χ1) is 13.8. The molecule has 2 aliphatic carbocycles. The van der Waals surface area contributed by atoms with Crippen LogP contribution in [0.25, 0.3) is 11.3 Å². The minimum absolute atomic E-state index is 0.154. The van der Waals surface area contributed by atoms with Crippen LogP contribution in [0, 0.1) is 0 Å². The lowest BCUT2D eigenvalue weighted by Gasteiger charge is -2.18. The molecule has 0 amide bonds. The van der Waals surface area contributed by atoms with Crippen molar-refractivity contribution in [2.24, 2.45) is 0 Å². The zero-order chi connectivity index (χ0) is 20.6. The van der Waals surface area contributed by atoms with Gasteiger partial charge in [0.2, 0.25) is 0 Å². The molecule has 1 aliphatic heterocycles. The van der Waals surface area contributed by atoms with Crippen LogP contribution in [0.15, 0.2) is 23.0 Å². The molecule has 1 aromatic heterocycles. The lowest BCUT2D eigenvalue weighted by Crippen LogP contribution is -2.21. The molecule has 7 heteroatoms. The van der Waals surface area contributed by atoms with Crippen LogP contribution in [0.3, 0.4) is 0 Å². The monoisotopic (exact) mass is 416 g/mol. The van der Waals surface area contributed by atoms with Crippen LogP contribution >= 0.6 is 0 Å². The predicted octanol–water partition coefficient (Wildman–Crippen LogP) is 2.92. The van der Waals surface area contributed by atoms with Crippen LogP contribution in [0.5, 0.6) is 0 Å². The van der Waals surface area contributed by atoms with Crippen molar-refractivity contribution in [3.63, 3.8) is 0 Å². The van der Waals surface area contributed by atoms with E-state index in [1.54, 1.807) is 0 Å². The Hall–Kier alpha value is -1.96. The van der Waals surface area contributed by atoms with E-state index >= 15 is 0 Å². The minimum Gasteiger partial charge on any atom is -0.321 e. The van der Waals surface area contributed by atoms with Gasteiger partial charge in [0.25, 0.3) is 15.7 Å². The van der Waals surface area contributed by atoms with Crippen molar-refractivity contribution < 1.29 is 13.0 Å². The quantitative estimate of drug-likeness (QED) is 0.627. The molecule has 0 unspecified atom stereocenters. The van der Waals surface area contributed by atoms with Gasteiger partial charge in [-0.05, 0) is 73.9 Å². The van der Waals surface area contributed by atoms with Gasteiger partial charge in [0, 0.05) is 24.1 Å². The number of likely N-dealkylation sites (tertiary alicyclic amines) is 1. The molecule has 1 fully saturated rings. The standard InChI is InChI=1S/C21H24N2O.CH4O3S/c24-21-17-8-2-1-7-15(17)19-12-18-14(13-23-10-3-4-11-23)6-5-9-16(18)20(19)22-21;1-5(2,3)4/h5-6,9H,1-4,7-8,10-13H2,(H,22,24);1H3,(H,2,3,4). The Morgan fingerprint density at radius 1 is 1.00 bits per heavy atom. The predicted molar refractivity (Wildman–Crippen MR) is 114 cm³/mol. The summed E-state index contributed by atoms with van der Waals surface area (Å²) < 4.78 is 25.9. The van der Waals surface area contributed by atoms with Gasteiger partial charge in [0.1, 0.15) is 0 Å². The van der Waals surface area contributed by atoms with Gasteiger partial charge in [-0.2, -0.15) is 8.42 Å². The lowest BCUT2D eigenvalue weighted by molar-refractivity contribution is 0.330. The summed E-state index contributed by atoms with van der Waals surface area (Å²) >= 11 is 0. The summed E-state index contributed by atoms with van der Waals surface area (Å²) in [6, 6.07) is 6.64. The largest absolute Gasteiger partial charge is 0.321 e. The van der Waals surface area contributed by atoms with Crippen molar-refractivity contribution in [3.05, 3.63) is 56.4 Å². The van der Waals surface area contributed by atoms with E-state index in [9.17, 15) is 13.2 Å². The van der Waals surface area contributed by atoms with E-state index < -0.39 is 10.1 Å². The third-order valence-electron chi connectivity index (χ3n) is 6.14. The highest BCUT2D eigenvalue weighted by molar-refractivity contribution is 7.85. The second-order valence-corrected chi connectivity index (χ2v) is 9.77. The van der Waals surface area contributed by atoms with E-state index in [-0.39, 0.29) is 5.56 Å². The molecule has 0 spiro atoms. The first kappa shape index (κ1) is 20.3. The third kappa shape index (κ3) is 4.47. The average Bonchev–Trinajstić information content (AvgIpc) is 3.29. The Bertz CT molecular complexity index is 1070. The molecule has 0 saturated carbocycles. The Morgan fingerprint density at radius 3 is 2.34 bits per heavy atom. The molecular weight excluding hydrogens is 388 g/mol. The Labute approximate surface area is 171 Å². The Morgan fingerprint density at radius 2 is 1.66 bits per heavy atom. The number of aromatic nitrogens is 1. The molecule has 2 aromatic rings. The summed E-state index contributed by atoms with van der Waals surface area (Å²) in [6.45, 7) is 3.51. The van der Waals surface area contributed by atoms with Crippen molar-refractivity contribution in [1.29, 1.82) is 0 Å². The number of pyridine rings is 1. The molecule has 3 aliphatic rings. The normalized spacial score (nSPS) is 17.9. The Kier molecular flexibility index (Phi) is 5.64. The highest BCUT2D eigenvalue weighted by atomic mass is 32.2. The fraction of sp³-hybridized carbons (Fsp3) is 0.500. The van der Waals surface area contributed by atoms with E-state index in [1.807, 2.05) is 0 Å². The summed E-state index contributed by atoms with van der Waals surface area (Å²) in [4.78, 5) is 18.3. The molecule has 6 nitrogen and oxygen atoms in total. The highest BCUT2D eigenvalue weighted by Gasteiger charge is 2.28. The van der Waals surface area contributed by atoms with Crippen molar-refractivity contribution in [3.8, 4) is 11.3 Å². The third-order valence-corrected chi connectivity index (χ3v) is 6.14. The minimum atomic E-state index is -3.67. The van der Waals surface area contributed by atoms with E-state index in [4.69, 9.17) is 4.55 Å². The number of nitrogens with one attached hydrogen (secondary N) is 1. The summed E-state index contributed by atoms with van der Waals surface area (Å²) in [6.07, 6.45) is 8.79. The van der Waals surface area contributed by atoms with E-state index in [0.29, 0.717) is 6.26 Å². The number of benzene rings is 1. The molecule has 2 heterocycles. The maximum atomic E-state index is 12.5. The number of fused-ring (bicyclic) bond motifs is 5. The fourth-order valence-corrected chi connectivity index (χ4v) is 4.91. The van der Waals surface area contributed by atoms with Crippen molar-refractivity contribution in [1.82, 2.24) is 9.88 Å². The fourth-order valence-electron chi connectivity index (χ4n) is 4.91. The lowest BCUT2D eigenvalue weighted by atomic mass is 9.88. The summed E-state index contributed by atoms with van der Waals surface area (Å²) in [5.41, 5.74) is 9.28. The summed E-state index contributed by atoms with van der Waals surface area (Å²) in [5, 5.41) is 0. The van der Waals surface area contributed by atoms with Crippen molar-refractivity contribution >= 4 is 10.1 Å². The molecule has 2 N–H and O–H groups in total. The molecule has 156 valence electrons. The van der Waals surface area contributed by atoms with Crippen molar-refractivity contribution in [2.75, 3.05) is 19.3 Å². The van der Waals surface area contributed by atoms with Crippen LogP contribution in [0.2, 0.25) is 0 Å². The van der Waals surface area contributed by atoms with Gasteiger partial charge in [-0.25, -0.2) is 0 Å². The van der Waals surface area contributed by atoms with Gasteiger partial charge in [-0.15, -0.1) is 0 Å². The molecule has 0 radical (unpaired) electrons. The average molecular weight is 417 g/mol. The molecule has 0 atom stereocenters. The highest BCUT2D eigenvalue weighted by Crippen LogP contribution is 2.40. The number of H-pyrrole nitrogens is 1. The molecule has 1 saturated heterocycles. The molecule has 29 heavy (non-hydrogen) atoms. The van der Waals surface area contributed by atoms with Crippen LogP contribution in [0.1, 0.15) is 53.5 Å². The van der Waals surface area contributed by atoms with Gasteiger partial charge >= 0.3 is 0 Å². The molecular formula is C22H28N2O4S. The van der Waals surface area contributed by atoms with E-state index in [1.165, 1.54) is 60.2 Å². The van der Waals surface area contributed by atoms with Gasteiger partial charge < -0.3 is 4.98 Å². The molecule has 0 bridgehead atoms. The second-order valence-electron chi connectivity index (χ2n) is 8.31. The zero-order valence-electron chi connectivity index (χ0n) is 16.8. The van der Waals surface area contributed by atoms with Gasteiger partial charge in [-0.3, -0.25) is 14.2 Å². The molecule has 5 rings (SSSR count). The van der Waals surface area contributed by atoms with Crippen LogP contribution in [-0.4, -0.2) is 42.2 Å². The number of hydrogen-bond acceptors (Lipinski definition) is 4. The first-order valence-corrected chi connectivity index (χ1v) is 12.2. The van der Waals surface area contributed by atoms with Gasteiger partial charge in [0.05, 0.1) is 11.9 Å². The smallest absolute Gasteiger partial charge is 0.261 e. The summed E-state index contributed by atoms with van der Waals surface area (Å²) in [7, 11) is -3.67. The zero-order valence-corrected chi connectivity index (χ0v) is 17.6. The number of aromatic amines is 1. The summed E-state index contributed by atoms with van der Waals surface area (Å²) in [5.74, 6) is 0.